The first-order valence-corrected chi connectivity index (χ1v) is 3.75. The molecule has 0 saturated heterocycles. The maximum atomic E-state index is 2.28. The maximum absolute atomic E-state index is 2.28. The first kappa shape index (κ1) is 12.5. The highest BCUT2D eigenvalue weighted by Crippen LogP contribution is 1.89. The Morgan fingerprint density at radius 2 is 1.60 bits per heavy atom. The molecule has 0 fully saturated rings. The van der Waals surface area contributed by atoms with Crippen molar-refractivity contribution in [3.8, 4) is 0 Å². The number of halogens is 1. The van der Waals surface area contributed by atoms with E-state index in [0.717, 1.165) is 19.5 Å². The molecule has 0 aliphatic carbocycles. The van der Waals surface area contributed by atoms with Crippen LogP contribution in [-0.4, -0.2) is 18.0 Å². The van der Waals surface area contributed by atoms with E-state index in [4.69, 9.17) is 0 Å². The Bertz CT molecular complexity index is 77.3. The standard InChI is InChI=1S/C8H17N.ClH/c1-4-7-8-9(5-2)6-3;/h7-8H,4-6H2,1-3H3;1H. The Morgan fingerprint density at radius 3 is 1.90 bits per heavy atom. The second kappa shape index (κ2) is 8.83. The highest BCUT2D eigenvalue weighted by molar-refractivity contribution is 5.85. The van der Waals surface area contributed by atoms with Gasteiger partial charge in [0.15, 0.2) is 0 Å². The number of hydrogen-bond acceptors (Lipinski definition) is 1. The summed E-state index contributed by atoms with van der Waals surface area (Å²) >= 11 is 0. The molecule has 0 saturated carbocycles. The summed E-state index contributed by atoms with van der Waals surface area (Å²) in [6.45, 7) is 8.73. The van der Waals surface area contributed by atoms with E-state index in [9.17, 15) is 0 Å². The molecule has 0 aromatic carbocycles. The molecule has 0 radical (unpaired) electrons. The van der Waals surface area contributed by atoms with Crippen LogP contribution in [0.4, 0.5) is 0 Å². The second-order valence-electron chi connectivity index (χ2n) is 2.01. The molecule has 0 bridgehead atoms. The van der Waals surface area contributed by atoms with Gasteiger partial charge >= 0.3 is 0 Å². The fourth-order valence-electron chi connectivity index (χ4n) is 0.689. The minimum absolute atomic E-state index is 0. The molecular formula is C8H18ClN. The highest BCUT2D eigenvalue weighted by atomic mass is 35.5. The van der Waals surface area contributed by atoms with Crippen LogP contribution in [0, 0.1) is 0 Å². The zero-order chi connectivity index (χ0) is 7.11. The summed E-state index contributed by atoms with van der Waals surface area (Å²) in [5.74, 6) is 0. The lowest BCUT2D eigenvalue weighted by Gasteiger charge is -2.13. The largest absolute Gasteiger partial charge is 0.378 e. The van der Waals surface area contributed by atoms with E-state index >= 15 is 0 Å². The lowest BCUT2D eigenvalue weighted by atomic mass is 10.4. The van der Waals surface area contributed by atoms with Crippen molar-refractivity contribution < 1.29 is 0 Å². The van der Waals surface area contributed by atoms with Gasteiger partial charge in [-0.05, 0) is 26.5 Å². The normalized spacial score (nSPS) is 9.50. The summed E-state index contributed by atoms with van der Waals surface area (Å²) in [7, 11) is 0. The van der Waals surface area contributed by atoms with Gasteiger partial charge < -0.3 is 4.90 Å². The Hall–Kier alpha value is -0.170. The molecule has 1 nitrogen and oxygen atoms in total. The van der Waals surface area contributed by atoms with Gasteiger partial charge in [0.05, 0.1) is 0 Å². The molecule has 0 aromatic rings. The molecule has 0 atom stereocenters. The number of nitrogens with zero attached hydrogens (tertiary/aromatic N) is 1. The predicted molar refractivity (Wildman–Crippen MR) is 49.6 cm³/mol. The Labute approximate surface area is 70.5 Å². The second-order valence-corrected chi connectivity index (χ2v) is 2.01. The van der Waals surface area contributed by atoms with Gasteiger partial charge in [-0.3, -0.25) is 0 Å². The third kappa shape index (κ3) is 5.96. The Balaban J connectivity index is 0. The average Bonchev–Trinajstić information content (AvgIpc) is 1.91. The molecule has 0 unspecified atom stereocenters. The molecule has 0 heterocycles. The first-order valence-electron chi connectivity index (χ1n) is 3.75. The molecular weight excluding hydrogens is 146 g/mol. The maximum Gasteiger partial charge on any atom is 0.0143 e. The van der Waals surface area contributed by atoms with E-state index < -0.39 is 0 Å². The number of allylic oxidation sites excluding steroid dienone is 1. The van der Waals surface area contributed by atoms with Gasteiger partial charge in [-0.1, -0.05) is 13.0 Å². The van der Waals surface area contributed by atoms with E-state index in [2.05, 4.69) is 37.9 Å². The smallest absolute Gasteiger partial charge is 0.0143 e. The van der Waals surface area contributed by atoms with E-state index in [1.165, 1.54) is 0 Å². The van der Waals surface area contributed by atoms with Crippen molar-refractivity contribution in [1.82, 2.24) is 4.90 Å². The molecule has 2 heteroatoms. The predicted octanol–water partition coefficient (Wildman–Crippen LogP) is 2.67. The van der Waals surface area contributed by atoms with Crippen LogP contribution < -0.4 is 0 Å². The summed E-state index contributed by atoms with van der Waals surface area (Å²) in [4.78, 5) is 2.28. The van der Waals surface area contributed by atoms with E-state index in [1.54, 1.807) is 0 Å². The van der Waals surface area contributed by atoms with Crippen molar-refractivity contribution in [2.75, 3.05) is 13.1 Å². The van der Waals surface area contributed by atoms with Gasteiger partial charge in [-0.15, -0.1) is 12.4 Å². The van der Waals surface area contributed by atoms with Gasteiger partial charge in [0.25, 0.3) is 0 Å². The van der Waals surface area contributed by atoms with Crippen molar-refractivity contribution in [2.24, 2.45) is 0 Å². The van der Waals surface area contributed by atoms with E-state index in [0.29, 0.717) is 0 Å². The molecule has 10 heavy (non-hydrogen) atoms. The average molecular weight is 164 g/mol. The molecule has 0 aliphatic rings. The zero-order valence-corrected chi connectivity index (χ0v) is 7.95. The third-order valence-corrected chi connectivity index (χ3v) is 1.36. The van der Waals surface area contributed by atoms with E-state index in [-0.39, 0.29) is 12.4 Å². The highest BCUT2D eigenvalue weighted by Gasteiger charge is 1.85. The summed E-state index contributed by atoms with van der Waals surface area (Å²) in [5.41, 5.74) is 0. The van der Waals surface area contributed by atoms with Crippen LogP contribution in [0.25, 0.3) is 0 Å². The fraction of sp³-hybridized carbons (Fsp3) is 0.750. The van der Waals surface area contributed by atoms with Crippen LogP contribution in [-0.2, 0) is 0 Å². The summed E-state index contributed by atoms with van der Waals surface area (Å²) in [6, 6.07) is 0. The third-order valence-electron chi connectivity index (χ3n) is 1.36. The van der Waals surface area contributed by atoms with Gasteiger partial charge in [-0.25, -0.2) is 0 Å². The van der Waals surface area contributed by atoms with Crippen LogP contribution >= 0.6 is 12.4 Å². The molecule has 0 rings (SSSR count). The van der Waals surface area contributed by atoms with Crippen LogP contribution in [0.3, 0.4) is 0 Å². The monoisotopic (exact) mass is 163 g/mol. The minimum atomic E-state index is 0. The van der Waals surface area contributed by atoms with Crippen LogP contribution in [0.5, 0.6) is 0 Å². The van der Waals surface area contributed by atoms with Gasteiger partial charge in [0.1, 0.15) is 0 Å². The molecule has 0 aliphatic heterocycles. The van der Waals surface area contributed by atoms with Crippen LogP contribution in [0.2, 0.25) is 0 Å². The van der Waals surface area contributed by atoms with Crippen molar-refractivity contribution in [3.05, 3.63) is 12.3 Å². The summed E-state index contributed by atoms with van der Waals surface area (Å²) in [5, 5.41) is 0. The fourth-order valence-corrected chi connectivity index (χ4v) is 0.689. The van der Waals surface area contributed by atoms with Crippen molar-refractivity contribution in [1.29, 1.82) is 0 Å². The van der Waals surface area contributed by atoms with Crippen molar-refractivity contribution >= 4 is 12.4 Å². The number of rotatable bonds is 4. The van der Waals surface area contributed by atoms with Crippen molar-refractivity contribution in [3.63, 3.8) is 0 Å². The van der Waals surface area contributed by atoms with E-state index in [1.807, 2.05) is 0 Å². The van der Waals surface area contributed by atoms with Gasteiger partial charge in [0, 0.05) is 13.1 Å². The van der Waals surface area contributed by atoms with Gasteiger partial charge in [-0.2, -0.15) is 0 Å². The molecule has 62 valence electrons. The van der Waals surface area contributed by atoms with Gasteiger partial charge in [0.2, 0.25) is 0 Å². The molecule has 0 N–H and O–H groups in total. The molecule has 0 amide bonds. The lowest BCUT2D eigenvalue weighted by molar-refractivity contribution is 0.417. The Kier molecular flexibility index (Phi) is 11.0. The lowest BCUT2D eigenvalue weighted by Crippen LogP contribution is -2.14. The van der Waals surface area contributed by atoms with Crippen LogP contribution in [0.15, 0.2) is 12.3 Å². The summed E-state index contributed by atoms with van der Waals surface area (Å²) < 4.78 is 0. The topological polar surface area (TPSA) is 3.24 Å². The van der Waals surface area contributed by atoms with Crippen LogP contribution in [0.1, 0.15) is 27.2 Å². The quantitative estimate of drug-likeness (QED) is 0.616. The minimum Gasteiger partial charge on any atom is -0.378 e. The summed E-state index contributed by atoms with van der Waals surface area (Å²) in [6.07, 6.45) is 5.49. The SMILES string of the molecule is CCC=CN(CC)CC.Cl. The molecule has 0 spiro atoms. The first-order chi connectivity index (χ1) is 4.35. The molecule has 0 aromatic heterocycles. The zero-order valence-electron chi connectivity index (χ0n) is 7.13. The number of hydrogen-bond donors (Lipinski definition) is 0. The Morgan fingerprint density at radius 1 is 1.10 bits per heavy atom. The van der Waals surface area contributed by atoms with Crippen molar-refractivity contribution in [2.45, 2.75) is 27.2 Å².